The predicted molar refractivity (Wildman–Crippen MR) is 60.0 cm³/mol. The van der Waals surface area contributed by atoms with Crippen LogP contribution in [0.4, 0.5) is 0 Å². The van der Waals surface area contributed by atoms with Crippen molar-refractivity contribution >= 4 is 17.7 Å². The Kier molecular flexibility index (Phi) is 4.04. The maximum absolute atomic E-state index is 6.10. The van der Waals surface area contributed by atoms with Crippen LogP contribution in [-0.4, -0.2) is 5.38 Å². The lowest BCUT2D eigenvalue weighted by Gasteiger charge is -2.06. The van der Waals surface area contributed by atoms with Gasteiger partial charge in [0.2, 0.25) is 0 Å². The second-order valence-electron chi connectivity index (χ2n) is 3.17. The van der Waals surface area contributed by atoms with Crippen molar-refractivity contribution in [2.45, 2.75) is 25.6 Å². The van der Waals surface area contributed by atoms with Gasteiger partial charge in [-0.15, -0.1) is 11.6 Å². The third-order valence-electron chi connectivity index (χ3n) is 2.05. The van der Waals surface area contributed by atoms with Gasteiger partial charge in [0, 0.05) is 0 Å². The molecule has 1 aromatic rings. The minimum absolute atomic E-state index is 0.167. The SMILES string of the molecule is CCC(Cl)C(C)=Cc1ccccc1. The number of benzene rings is 1. The topological polar surface area (TPSA) is 0 Å². The Labute approximate surface area is 85.2 Å². The second kappa shape index (κ2) is 5.08. The minimum Gasteiger partial charge on any atom is -0.118 e. The van der Waals surface area contributed by atoms with Gasteiger partial charge in [0.05, 0.1) is 5.38 Å². The Morgan fingerprint density at radius 2 is 2.00 bits per heavy atom. The highest BCUT2D eigenvalue weighted by molar-refractivity contribution is 6.22. The largest absolute Gasteiger partial charge is 0.118 e. The van der Waals surface area contributed by atoms with Crippen molar-refractivity contribution in [2.24, 2.45) is 0 Å². The van der Waals surface area contributed by atoms with Gasteiger partial charge in [-0.2, -0.15) is 0 Å². The molecule has 0 saturated heterocycles. The van der Waals surface area contributed by atoms with E-state index in [4.69, 9.17) is 11.6 Å². The quantitative estimate of drug-likeness (QED) is 0.636. The molecule has 0 spiro atoms. The van der Waals surface area contributed by atoms with Crippen molar-refractivity contribution in [3.63, 3.8) is 0 Å². The minimum atomic E-state index is 0.167. The molecule has 1 atom stereocenters. The van der Waals surface area contributed by atoms with Gasteiger partial charge in [-0.25, -0.2) is 0 Å². The molecule has 0 heterocycles. The van der Waals surface area contributed by atoms with Crippen molar-refractivity contribution in [3.05, 3.63) is 41.5 Å². The lowest BCUT2D eigenvalue weighted by molar-refractivity contribution is 0.920. The number of allylic oxidation sites excluding steroid dienone is 1. The highest BCUT2D eigenvalue weighted by Gasteiger charge is 2.02. The third-order valence-corrected chi connectivity index (χ3v) is 2.70. The molecule has 0 radical (unpaired) electrons. The van der Waals surface area contributed by atoms with Crippen LogP contribution < -0.4 is 0 Å². The molecular weight excluding hydrogens is 180 g/mol. The van der Waals surface area contributed by atoms with Crippen LogP contribution in [0.5, 0.6) is 0 Å². The number of halogens is 1. The summed E-state index contributed by atoms with van der Waals surface area (Å²) in [5.41, 5.74) is 2.45. The fourth-order valence-corrected chi connectivity index (χ4v) is 1.29. The summed E-state index contributed by atoms with van der Waals surface area (Å²) in [5, 5.41) is 0.167. The molecule has 1 rings (SSSR count). The van der Waals surface area contributed by atoms with Crippen LogP contribution in [0.15, 0.2) is 35.9 Å². The van der Waals surface area contributed by atoms with Crippen LogP contribution in [0.25, 0.3) is 6.08 Å². The fourth-order valence-electron chi connectivity index (χ4n) is 1.22. The van der Waals surface area contributed by atoms with Gasteiger partial charge < -0.3 is 0 Å². The first-order valence-corrected chi connectivity index (χ1v) is 5.05. The Hall–Kier alpha value is -0.750. The summed E-state index contributed by atoms with van der Waals surface area (Å²) < 4.78 is 0. The molecule has 0 saturated carbocycles. The molecule has 70 valence electrons. The molecular formula is C12H15Cl. The standard InChI is InChI=1S/C12H15Cl/c1-3-12(13)10(2)9-11-7-5-4-6-8-11/h4-9,12H,3H2,1-2H3. The van der Waals surface area contributed by atoms with Gasteiger partial charge in [-0.1, -0.05) is 48.9 Å². The van der Waals surface area contributed by atoms with E-state index in [0.717, 1.165) is 6.42 Å². The summed E-state index contributed by atoms with van der Waals surface area (Å²) in [4.78, 5) is 0. The summed E-state index contributed by atoms with van der Waals surface area (Å²) in [7, 11) is 0. The highest BCUT2D eigenvalue weighted by Crippen LogP contribution is 2.16. The van der Waals surface area contributed by atoms with E-state index in [-0.39, 0.29) is 5.38 Å². The van der Waals surface area contributed by atoms with Crippen LogP contribution in [0.1, 0.15) is 25.8 Å². The van der Waals surface area contributed by atoms with Crippen LogP contribution in [0.2, 0.25) is 0 Å². The first-order chi connectivity index (χ1) is 6.24. The molecule has 1 unspecified atom stereocenters. The van der Waals surface area contributed by atoms with Gasteiger partial charge in [0.1, 0.15) is 0 Å². The van der Waals surface area contributed by atoms with E-state index >= 15 is 0 Å². The molecule has 13 heavy (non-hydrogen) atoms. The summed E-state index contributed by atoms with van der Waals surface area (Å²) in [6, 6.07) is 10.3. The lowest BCUT2D eigenvalue weighted by atomic mass is 10.1. The summed E-state index contributed by atoms with van der Waals surface area (Å²) in [6.45, 7) is 4.17. The summed E-state index contributed by atoms with van der Waals surface area (Å²) >= 11 is 6.10. The number of alkyl halides is 1. The molecule has 1 heteroatoms. The predicted octanol–water partition coefficient (Wildman–Crippen LogP) is 4.11. The van der Waals surface area contributed by atoms with E-state index in [1.165, 1.54) is 11.1 Å². The van der Waals surface area contributed by atoms with Gasteiger partial charge in [-0.05, 0) is 18.9 Å². The van der Waals surface area contributed by atoms with Crippen LogP contribution in [0, 0.1) is 0 Å². The molecule has 1 aromatic carbocycles. The van der Waals surface area contributed by atoms with Crippen molar-refractivity contribution in [2.75, 3.05) is 0 Å². The molecule has 0 aliphatic carbocycles. The zero-order valence-electron chi connectivity index (χ0n) is 8.13. The molecule has 0 aliphatic rings. The number of rotatable bonds is 3. The van der Waals surface area contributed by atoms with Gasteiger partial charge in [-0.3, -0.25) is 0 Å². The van der Waals surface area contributed by atoms with Gasteiger partial charge >= 0.3 is 0 Å². The summed E-state index contributed by atoms with van der Waals surface area (Å²) in [6.07, 6.45) is 3.12. The van der Waals surface area contributed by atoms with Crippen LogP contribution in [0.3, 0.4) is 0 Å². The van der Waals surface area contributed by atoms with Crippen molar-refractivity contribution in [1.29, 1.82) is 0 Å². The van der Waals surface area contributed by atoms with Gasteiger partial charge in [0.15, 0.2) is 0 Å². The molecule has 0 aliphatic heterocycles. The first kappa shape index (κ1) is 10.3. The van der Waals surface area contributed by atoms with E-state index in [2.05, 4.69) is 32.1 Å². The number of hydrogen-bond acceptors (Lipinski definition) is 0. The second-order valence-corrected chi connectivity index (χ2v) is 3.70. The molecule has 0 amide bonds. The van der Waals surface area contributed by atoms with E-state index < -0.39 is 0 Å². The van der Waals surface area contributed by atoms with E-state index in [0.29, 0.717) is 0 Å². The average molecular weight is 195 g/mol. The maximum atomic E-state index is 6.10. The van der Waals surface area contributed by atoms with E-state index in [9.17, 15) is 0 Å². The van der Waals surface area contributed by atoms with Crippen LogP contribution in [-0.2, 0) is 0 Å². The monoisotopic (exact) mass is 194 g/mol. The van der Waals surface area contributed by atoms with Crippen molar-refractivity contribution in [3.8, 4) is 0 Å². The zero-order chi connectivity index (χ0) is 9.68. The van der Waals surface area contributed by atoms with Gasteiger partial charge in [0.25, 0.3) is 0 Å². The number of hydrogen-bond donors (Lipinski definition) is 0. The summed E-state index contributed by atoms with van der Waals surface area (Å²) in [5.74, 6) is 0. The fraction of sp³-hybridized carbons (Fsp3) is 0.333. The average Bonchev–Trinajstić information content (AvgIpc) is 2.18. The molecule has 0 N–H and O–H groups in total. The van der Waals surface area contributed by atoms with E-state index in [1.807, 2.05) is 18.2 Å². The zero-order valence-corrected chi connectivity index (χ0v) is 8.88. The normalized spacial score (nSPS) is 14.2. The lowest BCUT2D eigenvalue weighted by Crippen LogP contribution is -1.96. The maximum Gasteiger partial charge on any atom is 0.0543 e. The van der Waals surface area contributed by atoms with Crippen molar-refractivity contribution in [1.82, 2.24) is 0 Å². The Bertz CT molecular complexity index is 274. The Morgan fingerprint density at radius 1 is 1.38 bits per heavy atom. The first-order valence-electron chi connectivity index (χ1n) is 4.61. The molecule has 0 nitrogen and oxygen atoms in total. The Balaban J connectivity index is 2.77. The third kappa shape index (κ3) is 3.23. The molecule has 0 fully saturated rings. The highest BCUT2D eigenvalue weighted by atomic mass is 35.5. The van der Waals surface area contributed by atoms with Crippen molar-refractivity contribution < 1.29 is 0 Å². The van der Waals surface area contributed by atoms with Crippen LogP contribution >= 0.6 is 11.6 Å². The smallest absolute Gasteiger partial charge is 0.0543 e. The van der Waals surface area contributed by atoms with E-state index in [1.54, 1.807) is 0 Å². The molecule has 0 bridgehead atoms. The Morgan fingerprint density at radius 3 is 2.54 bits per heavy atom. The molecule has 0 aromatic heterocycles.